The summed E-state index contributed by atoms with van der Waals surface area (Å²) in [5.41, 5.74) is 3.58. The SMILES string of the molecule is CCCCc1ccc(NC(=O)Nc2c[nH]c3sc(C)nc23)cc1. The zero-order valence-electron chi connectivity index (χ0n) is 13.3. The van der Waals surface area contributed by atoms with Gasteiger partial charge in [0.1, 0.15) is 10.3 Å². The lowest BCUT2D eigenvalue weighted by molar-refractivity contribution is 0.262. The Labute approximate surface area is 139 Å². The molecular formula is C17H20N4OS. The van der Waals surface area contributed by atoms with Gasteiger partial charge in [0.05, 0.1) is 10.7 Å². The molecular weight excluding hydrogens is 308 g/mol. The zero-order chi connectivity index (χ0) is 16.2. The van der Waals surface area contributed by atoms with Crippen molar-refractivity contribution in [3.8, 4) is 0 Å². The van der Waals surface area contributed by atoms with E-state index < -0.39 is 0 Å². The molecule has 0 aliphatic rings. The van der Waals surface area contributed by atoms with Gasteiger partial charge in [0, 0.05) is 11.9 Å². The standard InChI is InChI=1S/C17H20N4OS/c1-3-4-5-12-6-8-13(9-7-12)20-17(22)21-14-10-18-16-15(14)19-11(2)23-16/h6-10,18H,3-5H2,1-2H3,(H2,20,21,22). The first-order valence-electron chi connectivity index (χ1n) is 7.77. The summed E-state index contributed by atoms with van der Waals surface area (Å²) >= 11 is 1.57. The number of amides is 2. The van der Waals surface area contributed by atoms with E-state index in [1.54, 1.807) is 17.5 Å². The predicted octanol–water partition coefficient (Wildman–Crippen LogP) is 4.92. The molecule has 0 bridgehead atoms. The van der Waals surface area contributed by atoms with Crippen molar-refractivity contribution >= 4 is 39.1 Å². The number of carbonyl (C=O) groups is 1. The molecule has 6 heteroatoms. The van der Waals surface area contributed by atoms with E-state index in [4.69, 9.17) is 0 Å². The van der Waals surface area contributed by atoms with Crippen molar-refractivity contribution in [3.63, 3.8) is 0 Å². The number of carbonyl (C=O) groups excluding carboxylic acids is 1. The monoisotopic (exact) mass is 328 g/mol. The van der Waals surface area contributed by atoms with Crippen LogP contribution in [0.3, 0.4) is 0 Å². The molecule has 0 saturated carbocycles. The number of thiazole rings is 1. The molecule has 0 radical (unpaired) electrons. The third-order valence-corrected chi connectivity index (χ3v) is 4.52. The molecule has 1 aromatic carbocycles. The molecule has 3 rings (SSSR count). The van der Waals surface area contributed by atoms with Crippen LogP contribution in [0.1, 0.15) is 30.3 Å². The summed E-state index contributed by atoms with van der Waals surface area (Å²) in [5, 5.41) is 6.66. The number of nitrogens with zero attached hydrogens (tertiary/aromatic N) is 1. The lowest BCUT2D eigenvalue weighted by Crippen LogP contribution is -2.19. The fourth-order valence-electron chi connectivity index (χ4n) is 2.43. The summed E-state index contributed by atoms with van der Waals surface area (Å²) in [6.07, 6.45) is 5.21. The van der Waals surface area contributed by atoms with Gasteiger partial charge in [-0.3, -0.25) is 0 Å². The lowest BCUT2D eigenvalue weighted by atomic mass is 10.1. The van der Waals surface area contributed by atoms with Gasteiger partial charge in [0.25, 0.3) is 0 Å². The average Bonchev–Trinajstić information content (AvgIpc) is 3.07. The quantitative estimate of drug-likeness (QED) is 0.622. The zero-order valence-corrected chi connectivity index (χ0v) is 14.1. The largest absolute Gasteiger partial charge is 0.350 e. The number of aromatic amines is 1. The molecule has 0 spiro atoms. The van der Waals surface area contributed by atoms with Gasteiger partial charge in [-0.05, 0) is 37.5 Å². The molecule has 120 valence electrons. The number of rotatable bonds is 5. The molecule has 0 saturated heterocycles. The summed E-state index contributed by atoms with van der Waals surface area (Å²) in [7, 11) is 0. The highest BCUT2D eigenvalue weighted by atomic mass is 32.1. The van der Waals surface area contributed by atoms with Crippen molar-refractivity contribution < 1.29 is 4.79 Å². The van der Waals surface area contributed by atoms with Crippen molar-refractivity contribution in [1.82, 2.24) is 9.97 Å². The van der Waals surface area contributed by atoms with Crippen LogP contribution in [0.25, 0.3) is 10.3 Å². The Morgan fingerprint density at radius 3 is 2.78 bits per heavy atom. The van der Waals surface area contributed by atoms with E-state index >= 15 is 0 Å². The van der Waals surface area contributed by atoms with Crippen molar-refractivity contribution in [2.45, 2.75) is 33.1 Å². The molecule has 5 nitrogen and oxygen atoms in total. The number of fused-ring (bicyclic) bond motifs is 1. The van der Waals surface area contributed by atoms with Crippen molar-refractivity contribution in [2.24, 2.45) is 0 Å². The minimum absolute atomic E-state index is 0.266. The van der Waals surface area contributed by atoms with Gasteiger partial charge >= 0.3 is 6.03 Å². The van der Waals surface area contributed by atoms with E-state index in [0.717, 1.165) is 27.5 Å². The van der Waals surface area contributed by atoms with Crippen LogP contribution < -0.4 is 10.6 Å². The third-order valence-electron chi connectivity index (χ3n) is 3.62. The molecule has 2 aromatic heterocycles. The molecule has 0 atom stereocenters. The molecule has 2 amide bonds. The van der Waals surface area contributed by atoms with E-state index in [2.05, 4.69) is 39.7 Å². The highest BCUT2D eigenvalue weighted by molar-refractivity contribution is 7.18. The summed E-state index contributed by atoms with van der Waals surface area (Å²) < 4.78 is 0. The van der Waals surface area contributed by atoms with Gasteiger partial charge < -0.3 is 15.6 Å². The van der Waals surface area contributed by atoms with E-state index in [-0.39, 0.29) is 6.03 Å². The number of nitrogens with one attached hydrogen (secondary N) is 3. The van der Waals surface area contributed by atoms with Gasteiger partial charge in [0.15, 0.2) is 0 Å². The fourth-order valence-corrected chi connectivity index (χ4v) is 3.23. The van der Waals surface area contributed by atoms with E-state index in [1.165, 1.54) is 18.4 Å². The Morgan fingerprint density at radius 1 is 1.26 bits per heavy atom. The average molecular weight is 328 g/mol. The second-order valence-electron chi connectivity index (χ2n) is 5.49. The molecule has 23 heavy (non-hydrogen) atoms. The van der Waals surface area contributed by atoms with E-state index in [0.29, 0.717) is 5.69 Å². The number of hydrogen-bond donors (Lipinski definition) is 3. The minimum Gasteiger partial charge on any atom is -0.350 e. The Balaban J connectivity index is 1.62. The van der Waals surface area contributed by atoms with E-state index in [1.807, 2.05) is 19.1 Å². The molecule has 3 aromatic rings. The predicted molar refractivity (Wildman–Crippen MR) is 96.4 cm³/mol. The van der Waals surface area contributed by atoms with E-state index in [9.17, 15) is 4.79 Å². The van der Waals surface area contributed by atoms with Gasteiger partial charge in [-0.1, -0.05) is 25.5 Å². The molecule has 0 unspecified atom stereocenters. The van der Waals surface area contributed by atoms with Crippen LogP contribution in [0, 0.1) is 6.92 Å². The fraction of sp³-hybridized carbons (Fsp3) is 0.294. The van der Waals surface area contributed by atoms with Crippen molar-refractivity contribution in [3.05, 3.63) is 41.0 Å². The maximum absolute atomic E-state index is 12.1. The van der Waals surface area contributed by atoms with Crippen LogP contribution in [-0.2, 0) is 6.42 Å². The number of aryl methyl sites for hydroxylation is 2. The van der Waals surface area contributed by atoms with Crippen LogP contribution in [-0.4, -0.2) is 16.0 Å². The van der Waals surface area contributed by atoms with Crippen molar-refractivity contribution in [2.75, 3.05) is 10.6 Å². The van der Waals surface area contributed by atoms with Crippen LogP contribution in [0.2, 0.25) is 0 Å². The highest BCUT2D eigenvalue weighted by Gasteiger charge is 2.11. The van der Waals surface area contributed by atoms with Crippen LogP contribution in [0.15, 0.2) is 30.5 Å². The maximum atomic E-state index is 12.1. The Kier molecular flexibility index (Phi) is 4.62. The Morgan fingerprint density at radius 2 is 2.04 bits per heavy atom. The minimum atomic E-state index is -0.266. The van der Waals surface area contributed by atoms with Crippen molar-refractivity contribution in [1.29, 1.82) is 0 Å². The molecule has 2 heterocycles. The number of urea groups is 1. The first-order chi connectivity index (χ1) is 11.2. The number of hydrogen-bond acceptors (Lipinski definition) is 3. The number of anilines is 2. The molecule has 0 aliphatic heterocycles. The summed E-state index contributed by atoms with van der Waals surface area (Å²) in [6.45, 7) is 4.13. The number of aromatic nitrogens is 2. The normalized spacial score (nSPS) is 10.9. The van der Waals surface area contributed by atoms with Gasteiger partial charge in [0.2, 0.25) is 0 Å². The third kappa shape index (κ3) is 3.71. The Hall–Kier alpha value is -2.34. The first-order valence-corrected chi connectivity index (χ1v) is 8.59. The first kappa shape index (κ1) is 15.6. The smallest absolute Gasteiger partial charge is 0.323 e. The maximum Gasteiger partial charge on any atom is 0.323 e. The van der Waals surface area contributed by atoms with Crippen LogP contribution >= 0.6 is 11.3 Å². The summed E-state index contributed by atoms with van der Waals surface area (Å²) in [6, 6.07) is 7.72. The van der Waals surface area contributed by atoms with Gasteiger partial charge in [-0.15, -0.1) is 11.3 Å². The van der Waals surface area contributed by atoms with Gasteiger partial charge in [-0.2, -0.15) is 0 Å². The second-order valence-corrected chi connectivity index (χ2v) is 6.70. The molecule has 0 fully saturated rings. The van der Waals surface area contributed by atoms with Gasteiger partial charge in [-0.25, -0.2) is 9.78 Å². The molecule has 0 aliphatic carbocycles. The van der Waals surface area contributed by atoms with Crippen LogP contribution in [0.5, 0.6) is 0 Å². The number of H-pyrrole nitrogens is 1. The topological polar surface area (TPSA) is 69.8 Å². The number of unbranched alkanes of at least 4 members (excludes halogenated alkanes) is 1. The van der Waals surface area contributed by atoms with Crippen LogP contribution in [0.4, 0.5) is 16.2 Å². The number of benzene rings is 1. The second kappa shape index (κ2) is 6.83. The lowest BCUT2D eigenvalue weighted by Gasteiger charge is -2.07. The summed E-state index contributed by atoms with van der Waals surface area (Å²) in [4.78, 5) is 20.6. The molecule has 3 N–H and O–H groups in total. The highest BCUT2D eigenvalue weighted by Crippen LogP contribution is 2.27. The summed E-state index contributed by atoms with van der Waals surface area (Å²) in [5.74, 6) is 0. The Bertz CT molecular complexity index is 804.